The van der Waals surface area contributed by atoms with Crippen molar-refractivity contribution in [2.75, 3.05) is 20.3 Å². The predicted molar refractivity (Wildman–Crippen MR) is 165 cm³/mol. The van der Waals surface area contributed by atoms with Gasteiger partial charge in [-0.1, -0.05) is 61.4 Å². The molecule has 3 aromatic carbocycles. The fraction of sp³-hybridized carbons (Fsp3) is 0.429. The van der Waals surface area contributed by atoms with E-state index in [-0.39, 0.29) is 24.3 Å². The van der Waals surface area contributed by atoms with Gasteiger partial charge in [-0.15, -0.1) is 0 Å². The molecule has 1 aliphatic carbocycles. The molecule has 1 atom stereocenters. The van der Waals surface area contributed by atoms with Crippen molar-refractivity contribution < 1.29 is 23.8 Å². The number of methoxy groups -OCH3 is 1. The number of carbonyl (C=O) groups is 2. The Balaban J connectivity index is 1.61. The summed E-state index contributed by atoms with van der Waals surface area (Å²) in [6.45, 7) is 5.25. The third kappa shape index (κ3) is 8.75. The molecule has 4 rings (SSSR count). The molecule has 7 nitrogen and oxygen atoms in total. The molecule has 2 amide bonds. The highest BCUT2D eigenvalue weighted by Gasteiger charge is 2.32. The van der Waals surface area contributed by atoms with Crippen LogP contribution in [-0.4, -0.2) is 49.1 Å². The van der Waals surface area contributed by atoms with Crippen molar-refractivity contribution in [3.63, 3.8) is 0 Å². The zero-order valence-corrected chi connectivity index (χ0v) is 25.1. The highest BCUT2D eigenvalue weighted by Crippen LogP contribution is 2.29. The Morgan fingerprint density at radius 2 is 1.57 bits per heavy atom. The molecule has 224 valence electrons. The molecule has 0 saturated heterocycles. The largest absolute Gasteiger partial charge is 0.497 e. The molecule has 1 N–H and O–H groups in total. The normalized spacial score (nSPS) is 13.8. The molecular weight excluding hydrogens is 528 g/mol. The Morgan fingerprint density at radius 1 is 0.857 bits per heavy atom. The van der Waals surface area contributed by atoms with Crippen molar-refractivity contribution in [2.24, 2.45) is 0 Å². The van der Waals surface area contributed by atoms with Gasteiger partial charge < -0.3 is 24.4 Å². The van der Waals surface area contributed by atoms with Crippen LogP contribution in [0.2, 0.25) is 0 Å². The minimum atomic E-state index is -0.647. The number of carbonyl (C=O) groups excluding carboxylic acids is 2. The number of ether oxygens (including phenoxy) is 3. The molecule has 0 heterocycles. The lowest BCUT2D eigenvalue weighted by molar-refractivity contribution is -0.141. The van der Waals surface area contributed by atoms with Crippen LogP contribution in [0, 0.1) is 0 Å². The highest BCUT2D eigenvalue weighted by atomic mass is 16.5. The third-order valence-corrected chi connectivity index (χ3v) is 7.70. The van der Waals surface area contributed by atoms with Gasteiger partial charge in [-0.2, -0.15) is 0 Å². The fourth-order valence-electron chi connectivity index (χ4n) is 5.53. The molecular formula is C35H44N2O5. The molecule has 1 aliphatic rings. The second-order valence-electron chi connectivity index (χ2n) is 10.7. The first-order valence-corrected chi connectivity index (χ1v) is 15.2. The summed E-state index contributed by atoms with van der Waals surface area (Å²) >= 11 is 0. The smallest absolute Gasteiger partial charge is 0.243 e. The summed E-state index contributed by atoms with van der Waals surface area (Å²) in [7, 11) is 1.63. The molecule has 0 bridgehead atoms. The zero-order valence-electron chi connectivity index (χ0n) is 25.1. The first-order chi connectivity index (χ1) is 20.5. The lowest BCUT2D eigenvalue weighted by Gasteiger charge is -2.32. The standard InChI is InChI=1S/C35H44N2O5/c1-4-41-32-20-18-27(24-33(32)42-5-2)19-21-34(38)37(25-28-14-11-17-30(22-28)40-3)31(23-26-12-7-6-8-13-26)35(39)36-29-15-9-10-16-29/h6-8,11-14,17-18,20,22,24,29,31H,4-5,9-10,15-16,19,21,23,25H2,1-3H3,(H,36,39)/t31-/m0/s1. The summed E-state index contributed by atoms with van der Waals surface area (Å²) in [6.07, 6.45) is 5.40. The molecule has 0 radical (unpaired) electrons. The van der Waals surface area contributed by atoms with E-state index >= 15 is 0 Å². The summed E-state index contributed by atoms with van der Waals surface area (Å²) in [5.41, 5.74) is 2.90. The highest BCUT2D eigenvalue weighted by molar-refractivity contribution is 5.88. The van der Waals surface area contributed by atoms with Gasteiger partial charge in [-0.25, -0.2) is 0 Å². The lowest BCUT2D eigenvalue weighted by Crippen LogP contribution is -2.52. The van der Waals surface area contributed by atoms with E-state index in [1.807, 2.05) is 86.6 Å². The second-order valence-corrected chi connectivity index (χ2v) is 10.7. The Labute approximate surface area is 250 Å². The summed E-state index contributed by atoms with van der Waals surface area (Å²) in [5, 5.41) is 3.27. The number of benzene rings is 3. The van der Waals surface area contributed by atoms with Crippen LogP contribution < -0.4 is 19.5 Å². The van der Waals surface area contributed by atoms with Crippen molar-refractivity contribution in [2.45, 2.75) is 77.4 Å². The number of hydrogen-bond donors (Lipinski definition) is 1. The van der Waals surface area contributed by atoms with Crippen LogP contribution in [0.5, 0.6) is 17.2 Å². The first-order valence-electron chi connectivity index (χ1n) is 15.2. The minimum absolute atomic E-state index is 0.0767. The topological polar surface area (TPSA) is 77.1 Å². The van der Waals surface area contributed by atoms with Crippen LogP contribution in [0.25, 0.3) is 0 Å². The first kappa shape index (κ1) is 30.9. The van der Waals surface area contributed by atoms with Crippen molar-refractivity contribution in [1.82, 2.24) is 10.2 Å². The minimum Gasteiger partial charge on any atom is -0.497 e. The number of rotatable bonds is 15. The second kappa shape index (κ2) is 15.9. The van der Waals surface area contributed by atoms with Gasteiger partial charge in [0.2, 0.25) is 11.8 Å². The lowest BCUT2D eigenvalue weighted by atomic mass is 10.0. The summed E-state index contributed by atoms with van der Waals surface area (Å²) < 4.78 is 17.0. The van der Waals surface area contributed by atoms with Crippen LogP contribution in [-0.2, 0) is 29.0 Å². The van der Waals surface area contributed by atoms with E-state index in [1.165, 1.54) is 0 Å². The van der Waals surface area contributed by atoms with Gasteiger partial charge in [0.15, 0.2) is 11.5 Å². The predicted octanol–water partition coefficient (Wildman–Crippen LogP) is 6.12. The fourth-order valence-corrected chi connectivity index (χ4v) is 5.53. The van der Waals surface area contributed by atoms with Crippen LogP contribution in [0.4, 0.5) is 0 Å². The van der Waals surface area contributed by atoms with E-state index in [1.54, 1.807) is 12.0 Å². The summed E-state index contributed by atoms with van der Waals surface area (Å²) in [6, 6.07) is 22.9. The average Bonchev–Trinajstić information content (AvgIpc) is 3.52. The molecule has 1 saturated carbocycles. The number of nitrogens with one attached hydrogen (secondary N) is 1. The van der Waals surface area contributed by atoms with E-state index < -0.39 is 6.04 Å². The maximum atomic E-state index is 14.1. The Kier molecular flexibility index (Phi) is 11.7. The van der Waals surface area contributed by atoms with Crippen LogP contribution in [0.15, 0.2) is 72.8 Å². The number of amides is 2. The van der Waals surface area contributed by atoms with Gasteiger partial charge >= 0.3 is 0 Å². The van der Waals surface area contributed by atoms with E-state index in [0.717, 1.165) is 42.4 Å². The Hall–Kier alpha value is -4.00. The molecule has 7 heteroatoms. The van der Waals surface area contributed by atoms with Crippen LogP contribution in [0.3, 0.4) is 0 Å². The molecule has 0 unspecified atom stereocenters. The Morgan fingerprint density at radius 3 is 2.29 bits per heavy atom. The van der Waals surface area contributed by atoms with Crippen molar-refractivity contribution >= 4 is 11.8 Å². The third-order valence-electron chi connectivity index (χ3n) is 7.70. The van der Waals surface area contributed by atoms with Crippen LogP contribution >= 0.6 is 0 Å². The number of hydrogen-bond acceptors (Lipinski definition) is 5. The van der Waals surface area contributed by atoms with Crippen LogP contribution in [0.1, 0.15) is 62.6 Å². The van der Waals surface area contributed by atoms with Gasteiger partial charge in [-0.05, 0) is 74.1 Å². The van der Waals surface area contributed by atoms with Gasteiger partial charge in [-0.3, -0.25) is 9.59 Å². The maximum absolute atomic E-state index is 14.1. The zero-order chi connectivity index (χ0) is 29.7. The molecule has 0 spiro atoms. The van der Waals surface area contributed by atoms with E-state index in [4.69, 9.17) is 14.2 Å². The van der Waals surface area contributed by atoms with Gasteiger partial charge in [0.05, 0.1) is 20.3 Å². The number of nitrogens with zero attached hydrogens (tertiary/aromatic N) is 1. The monoisotopic (exact) mass is 572 g/mol. The van der Waals surface area contributed by atoms with Crippen molar-refractivity contribution in [3.8, 4) is 17.2 Å². The average molecular weight is 573 g/mol. The Bertz CT molecular complexity index is 1290. The van der Waals surface area contributed by atoms with Crippen molar-refractivity contribution in [1.29, 1.82) is 0 Å². The van der Waals surface area contributed by atoms with Crippen molar-refractivity contribution in [3.05, 3.63) is 89.5 Å². The molecule has 0 aliphatic heterocycles. The van der Waals surface area contributed by atoms with Gasteiger partial charge in [0, 0.05) is 25.4 Å². The van der Waals surface area contributed by atoms with E-state index in [0.29, 0.717) is 49.8 Å². The van der Waals surface area contributed by atoms with Gasteiger partial charge in [0.25, 0.3) is 0 Å². The summed E-state index contributed by atoms with van der Waals surface area (Å²) in [4.78, 5) is 29.7. The maximum Gasteiger partial charge on any atom is 0.243 e. The van der Waals surface area contributed by atoms with E-state index in [2.05, 4.69) is 5.32 Å². The summed E-state index contributed by atoms with van der Waals surface area (Å²) in [5.74, 6) is 1.91. The molecule has 42 heavy (non-hydrogen) atoms. The molecule has 3 aromatic rings. The SMILES string of the molecule is CCOc1ccc(CCC(=O)N(Cc2cccc(OC)c2)[C@@H](Cc2ccccc2)C(=O)NC2CCCC2)cc1OCC. The quantitative estimate of drug-likeness (QED) is 0.237. The van der Waals surface area contributed by atoms with E-state index in [9.17, 15) is 9.59 Å². The number of aryl methyl sites for hydroxylation is 1. The molecule has 1 fully saturated rings. The molecule has 0 aromatic heterocycles. The van der Waals surface area contributed by atoms with Gasteiger partial charge in [0.1, 0.15) is 11.8 Å².